The number of carbonyl (C=O) groups is 1. The molecule has 0 spiro atoms. The predicted molar refractivity (Wildman–Crippen MR) is 98.6 cm³/mol. The topological polar surface area (TPSA) is 141 Å². The fraction of sp³-hybridized carbons (Fsp3) is 0. The summed E-state index contributed by atoms with van der Waals surface area (Å²) in [6, 6.07) is 10.2. The van der Waals surface area contributed by atoms with Crippen LogP contribution in [0.15, 0.2) is 61.4 Å². The van der Waals surface area contributed by atoms with Crippen LogP contribution in [0.1, 0.15) is 10.4 Å². The number of hydrazine groups is 1. The van der Waals surface area contributed by atoms with Gasteiger partial charge in [0.25, 0.3) is 5.91 Å². The summed E-state index contributed by atoms with van der Waals surface area (Å²) in [6.45, 7) is 0. The Morgan fingerprint density at radius 3 is 2.64 bits per heavy atom. The number of fused-ring (bicyclic) bond motifs is 1. The van der Waals surface area contributed by atoms with Gasteiger partial charge in [-0.05, 0) is 24.3 Å². The molecule has 3 heterocycles. The van der Waals surface area contributed by atoms with E-state index in [1.165, 1.54) is 35.4 Å². The summed E-state index contributed by atoms with van der Waals surface area (Å²) in [5.41, 5.74) is 6.12. The summed E-state index contributed by atoms with van der Waals surface area (Å²) in [5, 5.41) is 11.7. The Kier molecular flexibility index (Phi) is 4.30. The second kappa shape index (κ2) is 7.07. The van der Waals surface area contributed by atoms with E-state index >= 15 is 0 Å². The molecule has 2 N–H and O–H groups in total. The number of aromatic nitrogens is 5. The third kappa shape index (κ3) is 3.07. The predicted octanol–water partition coefficient (Wildman–Crippen LogP) is 1.88. The van der Waals surface area contributed by atoms with Gasteiger partial charge in [0, 0.05) is 18.0 Å². The normalized spacial score (nSPS) is 10.6. The zero-order chi connectivity index (χ0) is 19.5. The first kappa shape index (κ1) is 17.0. The summed E-state index contributed by atoms with van der Waals surface area (Å²) in [5.74, 6) is -0.630. The number of rotatable bonds is 5. The lowest BCUT2D eigenvalue weighted by atomic mass is 10.3. The minimum atomic E-state index is -0.620. The number of nitrogens with one attached hydrogen (secondary N) is 2. The van der Waals surface area contributed by atoms with Crippen molar-refractivity contribution in [3.8, 4) is 5.82 Å². The highest BCUT2D eigenvalue weighted by Gasteiger charge is 2.25. The number of para-hydroxylation sites is 2. The van der Waals surface area contributed by atoms with Crippen LogP contribution in [-0.4, -0.2) is 35.3 Å². The van der Waals surface area contributed by atoms with Crippen LogP contribution >= 0.6 is 0 Å². The first-order chi connectivity index (χ1) is 13.6. The van der Waals surface area contributed by atoms with E-state index in [-0.39, 0.29) is 11.6 Å². The lowest BCUT2D eigenvalue weighted by Gasteiger charge is -2.10. The zero-order valence-corrected chi connectivity index (χ0v) is 14.2. The van der Waals surface area contributed by atoms with Crippen LogP contribution in [0, 0.1) is 10.1 Å². The second-order valence-corrected chi connectivity index (χ2v) is 5.57. The summed E-state index contributed by atoms with van der Waals surface area (Å²) < 4.78 is 1.49. The lowest BCUT2D eigenvalue weighted by molar-refractivity contribution is -0.384. The Morgan fingerprint density at radius 1 is 1.07 bits per heavy atom. The van der Waals surface area contributed by atoms with Gasteiger partial charge in [-0.2, -0.15) is 0 Å². The van der Waals surface area contributed by atoms with E-state index in [0.717, 1.165) is 6.33 Å². The van der Waals surface area contributed by atoms with E-state index < -0.39 is 16.5 Å². The molecule has 0 atom stereocenters. The molecule has 28 heavy (non-hydrogen) atoms. The average Bonchev–Trinajstić information content (AvgIpc) is 3.16. The van der Waals surface area contributed by atoms with Gasteiger partial charge >= 0.3 is 5.69 Å². The largest absolute Gasteiger partial charge is 0.355 e. The van der Waals surface area contributed by atoms with Crippen molar-refractivity contribution in [2.45, 2.75) is 0 Å². The van der Waals surface area contributed by atoms with Crippen LogP contribution in [0.25, 0.3) is 16.9 Å². The molecule has 138 valence electrons. The molecule has 0 saturated carbocycles. The molecule has 0 bridgehead atoms. The fourth-order valence-electron chi connectivity index (χ4n) is 2.62. The third-order valence-corrected chi connectivity index (χ3v) is 3.90. The number of amides is 1. The maximum Gasteiger partial charge on any atom is 0.355 e. The number of nitro groups is 1. The summed E-state index contributed by atoms with van der Waals surface area (Å²) in [6.07, 6.45) is 5.53. The van der Waals surface area contributed by atoms with Gasteiger partial charge in [-0.25, -0.2) is 15.0 Å². The van der Waals surface area contributed by atoms with Crippen molar-refractivity contribution in [3.63, 3.8) is 0 Å². The number of benzene rings is 1. The van der Waals surface area contributed by atoms with Crippen molar-refractivity contribution in [2.75, 3.05) is 5.43 Å². The van der Waals surface area contributed by atoms with Gasteiger partial charge in [-0.15, -0.1) is 0 Å². The zero-order valence-electron chi connectivity index (χ0n) is 14.2. The molecule has 1 aromatic carbocycles. The van der Waals surface area contributed by atoms with Crippen LogP contribution in [0.3, 0.4) is 0 Å². The van der Waals surface area contributed by atoms with E-state index in [1.54, 1.807) is 18.2 Å². The smallest absolute Gasteiger partial charge is 0.277 e. The van der Waals surface area contributed by atoms with Crippen LogP contribution in [0.2, 0.25) is 0 Å². The van der Waals surface area contributed by atoms with Gasteiger partial charge in [-0.3, -0.25) is 35.3 Å². The Balaban J connectivity index is 1.70. The Morgan fingerprint density at radius 2 is 1.86 bits per heavy atom. The second-order valence-electron chi connectivity index (χ2n) is 5.57. The number of hydrogen-bond donors (Lipinski definition) is 2. The molecule has 11 nitrogen and oxygen atoms in total. The standard InChI is InChI=1S/C17H12N8O3/c26-17(11-5-7-18-8-6-11)23-22-15-14(25(27)28)16(20-9-19-15)24-10-21-12-3-1-2-4-13(12)24/h1-10H,(H,23,26)(H,19,20,22). The van der Waals surface area contributed by atoms with E-state index in [9.17, 15) is 14.9 Å². The number of anilines is 1. The SMILES string of the molecule is O=C(NNc1ncnc(-n2cnc3ccccc32)c1[N+](=O)[O-])c1ccncc1. The monoisotopic (exact) mass is 376 g/mol. The van der Waals surface area contributed by atoms with Crippen molar-refractivity contribution in [1.82, 2.24) is 29.9 Å². The van der Waals surface area contributed by atoms with Gasteiger partial charge in [-0.1, -0.05) is 12.1 Å². The highest BCUT2D eigenvalue weighted by atomic mass is 16.6. The van der Waals surface area contributed by atoms with Gasteiger partial charge in [0.2, 0.25) is 11.6 Å². The molecule has 0 aliphatic rings. The molecular weight excluding hydrogens is 364 g/mol. The molecule has 11 heteroatoms. The van der Waals surface area contributed by atoms with Crippen LogP contribution in [0.5, 0.6) is 0 Å². The van der Waals surface area contributed by atoms with Gasteiger partial charge in [0.1, 0.15) is 12.7 Å². The Labute approximate surface area is 157 Å². The van der Waals surface area contributed by atoms with Crippen molar-refractivity contribution in [3.05, 3.63) is 77.1 Å². The molecule has 0 aliphatic carbocycles. The minimum Gasteiger partial charge on any atom is -0.277 e. The maximum atomic E-state index is 12.2. The lowest BCUT2D eigenvalue weighted by Crippen LogP contribution is -2.30. The summed E-state index contributed by atoms with van der Waals surface area (Å²) in [4.78, 5) is 39.2. The van der Waals surface area contributed by atoms with Crippen LogP contribution in [0.4, 0.5) is 11.5 Å². The van der Waals surface area contributed by atoms with Crippen LogP contribution < -0.4 is 10.9 Å². The number of pyridine rings is 1. The quantitative estimate of drug-likeness (QED) is 0.397. The molecule has 0 fully saturated rings. The molecule has 0 saturated heterocycles. The van der Waals surface area contributed by atoms with Crippen molar-refractivity contribution < 1.29 is 9.72 Å². The molecule has 3 aromatic heterocycles. The van der Waals surface area contributed by atoms with E-state index in [4.69, 9.17) is 0 Å². The molecule has 0 unspecified atom stereocenters. The molecule has 4 rings (SSSR count). The van der Waals surface area contributed by atoms with Gasteiger partial charge < -0.3 is 0 Å². The number of hydrogen-bond acceptors (Lipinski definition) is 8. The van der Waals surface area contributed by atoms with E-state index in [0.29, 0.717) is 16.6 Å². The minimum absolute atomic E-state index is 0.0226. The van der Waals surface area contributed by atoms with E-state index in [1.807, 2.05) is 6.07 Å². The van der Waals surface area contributed by atoms with Crippen LogP contribution in [-0.2, 0) is 0 Å². The van der Waals surface area contributed by atoms with Gasteiger partial charge in [0.15, 0.2) is 0 Å². The summed E-state index contributed by atoms with van der Waals surface area (Å²) in [7, 11) is 0. The fourth-order valence-corrected chi connectivity index (χ4v) is 2.62. The number of imidazole rings is 1. The molecule has 0 aliphatic heterocycles. The van der Waals surface area contributed by atoms with Crippen molar-refractivity contribution in [2.24, 2.45) is 0 Å². The Bertz CT molecular complexity index is 1180. The van der Waals surface area contributed by atoms with Gasteiger partial charge in [0.05, 0.1) is 16.0 Å². The molecule has 0 radical (unpaired) electrons. The molecule has 4 aromatic rings. The summed E-state index contributed by atoms with van der Waals surface area (Å²) >= 11 is 0. The van der Waals surface area contributed by atoms with Crippen molar-refractivity contribution in [1.29, 1.82) is 0 Å². The molecular formula is C17H12N8O3. The first-order valence-electron chi connectivity index (χ1n) is 8.03. The van der Waals surface area contributed by atoms with E-state index in [2.05, 4.69) is 30.8 Å². The number of nitrogens with zero attached hydrogens (tertiary/aromatic N) is 6. The molecule has 1 amide bonds. The first-order valence-corrected chi connectivity index (χ1v) is 8.03. The highest BCUT2D eigenvalue weighted by Crippen LogP contribution is 2.29. The third-order valence-electron chi connectivity index (χ3n) is 3.90. The Hall–Kier alpha value is -4.41. The maximum absolute atomic E-state index is 12.2. The average molecular weight is 376 g/mol. The highest BCUT2D eigenvalue weighted by molar-refractivity contribution is 5.94. The van der Waals surface area contributed by atoms with Crippen molar-refractivity contribution >= 4 is 28.4 Å². The number of carbonyl (C=O) groups excluding carboxylic acids is 1.